The number of sulfonamides is 1. The Balaban J connectivity index is 1.63. The zero-order chi connectivity index (χ0) is 27.7. The number of aromatic nitrogens is 3. The summed E-state index contributed by atoms with van der Waals surface area (Å²) < 4.78 is 53.3. The summed E-state index contributed by atoms with van der Waals surface area (Å²) in [5, 5.41) is 6.80. The Labute approximate surface area is 231 Å². The molecule has 2 aromatic heterocycles. The van der Waals surface area contributed by atoms with E-state index in [1.165, 1.54) is 32.4 Å². The molecular weight excluding hydrogens is 567 g/mol. The highest BCUT2D eigenvalue weighted by atomic mass is 35.5. The van der Waals surface area contributed by atoms with E-state index < -0.39 is 20.7 Å². The first-order valence-electron chi connectivity index (χ1n) is 11.3. The average molecular weight is 587 g/mol. The largest absolute Gasteiger partial charge is 0.497 e. The Bertz CT molecular complexity index is 1840. The second-order valence-electron chi connectivity index (χ2n) is 8.26. The van der Waals surface area contributed by atoms with Crippen molar-refractivity contribution in [2.45, 2.75) is 11.4 Å². The number of aromatic amines is 1. The molecule has 39 heavy (non-hydrogen) atoms. The van der Waals surface area contributed by atoms with Crippen LogP contribution in [0.15, 0.2) is 76.6 Å². The molecule has 5 aromatic rings. The SMILES string of the molecule is COc1ccc(CN(c2ncc(F)s2)S(=O)(=O)c2ccc3c(-c4cc(Cl)ccc4OC)n[nH]c(=O)c3c2)cc1. The van der Waals surface area contributed by atoms with Gasteiger partial charge in [0.1, 0.15) is 17.2 Å². The fourth-order valence-corrected chi connectivity index (χ4v) is 6.48. The maximum absolute atomic E-state index is 13.9. The summed E-state index contributed by atoms with van der Waals surface area (Å²) in [5.74, 6) is 1.07. The molecule has 5 rings (SSSR count). The second kappa shape index (κ2) is 10.6. The number of hydrogen-bond acceptors (Lipinski definition) is 8. The van der Waals surface area contributed by atoms with Crippen LogP contribution in [0.1, 0.15) is 5.56 Å². The second-order valence-corrected chi connectivity index (χ2v) is 11.5. The molecule has 2 heterocycles. The van der Waals surface area contributed by atoms with Gasteiger partial charge >= 0.3 is 0 Å². The molecule has 0 aliphatic heterocycles. The number of fused-ring (bicyclic) bond motifs is 1. The van der Waals surface area contributed by atoms with Gasteiger partial charge in [-0.05, 0) is 48.0 Å². The Kier molecular flexibility index (Phi) is 7.25. The molecule has 0 spiro atoms. The Hall–Kier alpha value is -4.00. The molecule has 0 saturated heterocycles. The van der Waals surface area contributed by atoms with Gasteiger partial charge in [-0.2, -0.15) is 9.49 Å². The summed E-state index contributed by atoms with van der Waals surface area (Å²) in [6.45, 7) is -0.130. The molecule has 0 radical (unpaired) electrons. The highest BCUT2D eigenvalue weighted by molar-refractivity contribution is 7.93. The molecule has 0 aliphatic rings. The van der Waals surface area contributed by atoms with Crippen LogP contribution in [-0.4, -0.2) is 37.8 Å². The van der Waals surface area contributed by atoms with Crippen molar-refractivity contribution in [3.05, 3.63) is 92.9 Å². The molecule has 9 nitrogen and oxygen atoms in total. The van der Waals surface area contributed by atoms with Gasteiger partial charge in [-0.3, -0.25) is 4.79 Å². The molecule has 0 saturated carbocycles. The first-order chi connectivity index (χ1) is 18.7. The summed E-state index contributed by atoms with van der Waals surface area (Å²) >= 11 is 6.79. The number of nitrogens with one attached hydrogen (secondary N) is 1. The Morgan fingerprint density at radius 2 is 1.79 bits per heavy atom. The van der Waals surface area contributed by atoms with Crippen molar-refractivity contribution in [3.8, 4) is 22.8 Å². The van der Waals surface area contributed by atoms with Crippen molar-refractivity contribution in [1.29, 1.82) is 0 Å². The summed E-state index contributed by atoms with van der Waals surface area (Å²) in [4.78, 5) is 16.6. The number of methoxy groups -OCH3 is 2. The highest BCUT2D eigenvalue weighted by Crippen LogP contribution is 2.36. The number of ether oxygens (including phenoxy) is 2. The van der Waals surface area contributed by atoms with Crippen LogP contribution in [0, 0.1) is 5.13 Å². The van der Waals surface area contributed by atoms with Gasteiger partial charge in [-0.25, -0.2) is 22.8 Å². The minimum Gasteiger partial charge on any atom is -0.497 e. The van der Waals surface area contributed by atoms with Crippen molar-refractivity contribution < 1.29 is 22.3 Å². The molecule has 200 valence electrons. The van der Waals surface area contributed by atoms with E-state index in [0.29, 0.717) is 50.1 Å². The molecule has 0 atom stereocenters. The number of hydrogen-bond donors (Lipinski definition) is 1. The van der Waals surface area contributed by atoms with Gasteiger partial charge in [0, 0.05) is 16.0 Å². The van der Waals surface area contributed by atoms with Crippen molar-refractivity contribution in [2.24, 2.45) is 0 Å². The number of nitrogens with zero attached hydrogens (tertiary/aromatic N) is 3. The minimum atomic E-state index is -4.30. The van der Waals surface area contributed by atoms with Crippen LogP contribution in [-0.2, 0) is 16.6 Å². The first kappa shape index (κ1) is 26.6. The fourth-order valence-electron chi connectivity index (χ4n) is 4.02. The number of halogens is 2. The van der Waals surface area contributed by atoms with Gasteiger partial charge in [0.15, 0.2) is 5.13 Å². The Morgan fingerprint density at radius 1 is 1.03 bits per heavy atom. The zero-order valence-corrected chi connectivity index (χ0v) is 22.9. The van der Waals surface area contributed by atoms with Crippen LogP contribution < -0.4 is 19.3 Å². The molecule has 13 heteroatoms. The lowest BCUT2D eigenvalue weighted by Crippen LogP contribution is -2.30. The third kappa shape index (κ3) is 5.18. The van der Waals surface area contributed by atoms with E-state index in [-0.39, 0.29) is 22.0 Å². The predicted octanol–water partition coefficient (Wildman–Crippen LogP) is 5.25. The predicted molar refractivity (Wildman–Crippen MR) is 148 cm³/mol. The van der Waals surface area contributed by atoms with Crippen molar-refractivity contribution >= 4 is 48.9 Å². The maximum atomic E-state index is 13.9. The molecule has 0 amide bonds. The zero-order valence-electron chi connectivity index (χ0n) is 20.5. The molecule has 0 aliphatic carbocycles. The summed E-state index contributed by atoms with van der Waals surface area (Å²) in [5.41, 5.74) is 0.896. The summed E-state index contributed by atoms with van der Waals surface area (Å²) in [6.07, 6.45) is 0.956. The lowest BCUT2D eigenvalue weighted by atomic mass is 10.0. The van der Waals surface area contributed by atoms with Crippen molar-refractivity contribution in [1.82, 2.24) is 15.2 Å². The van der Waals surface area contributed by atoms with E-state index in [4.69, 9.17) is 21.1 Å². The Morgan fingerprint density at radius 3 is 2.46 bits per heavy atom. The molecule has 0 unspecified atom stereocenters. The standard InChI is InChI=1S/C26H20ClFN4O5S2/c1-36-17-6-3-15(4-7-17)14-32(26-29-13-23(28)38-26)39(34,35)18-8-9-19-20(12-18)25(33)31-30-24(19)21-11-16(27)5-10-22(21)37-2/h3-13H,14H2,1-2H3,(H,31,33). The minimum absolute atomic E-state index is 0.0589. The van der Waals surface area contributed by atoms with Gasteiger partial charge in [0.05, 0.1) is 37.2 Å². The molecule has 1 N–H and O–H groups in total. The lowest BCUT2D eigenvalue weighted by molar-refractivity contribution is 0.414. The average Bonchev–Trinajstić information content (AvgIpc) is 3.37. The number of anilines is 1. The van der Waals surface area contributed by atoms with Gasteiger partial charge in [-0.1, -0.05) is 41.1 Å². The van der Waals surface area contributed by atoms with Crippen LogP contribution in [0.3, 0.4) is 0 Å². The maximum Gasteiger partial charge on any atom is 0.272 e. The topological polar surface area (TPSA) is 114 Å². The van der Waals surface area contributed by atoms with Gasteiger partial charge < -0.3 is 9.47 Å². The van der Waals surface area contributed by atoms with Crippen LogP contribution in [0.5, 0.6) is 11.5 Å². The van der Waals surface area contributed by atoms with Gasteiger partial charge in [-0.15, -0.1) is 0 Å². The van der Waals surface area contributed by atoms with Gasteiger partial charge in [0.2, 0.25) is 5.13 Å². The molecular formula is C26H20ClFN4O5S2. The van der Waals surface area contributed by atoms with E-state index in [1.807, 2.05) is 0 Å². The van der Waals surface area contributed by atoms with E-state index in [9.17, 15) is 17.6 Å². The first-order valence-corrected chi connectivity index (χ1v) is 14.0. The molecule has 0 bridgehead atoms. The number of benzene rings is 3. The number of rotatable bonds is 8. The van der Waals surface area contributed by atoms with Crippen molar-refractivity contribution in [3.63, 3.8) is 0 Å². The van der Waals surface area contributed by atoms with Crippen LogP contribution >= 0.6 is 22.9 Å². The van der Waals surface area contributed by atoms with E-state index in [0.717, 1.165) is 10.5 Å². The summed E-state index contributed by atoms with van der Waals surface area (Å²) in [7, 11) is -1.28. The van der Waals surface area contributed by atoms with Gasteiger partial charge in [0.25, 0.3) is 15.6 Å². The van der Waals surface area contributed by atoms with Crippen molar-refractivity contribution in [2.75, 3.05) is 18.5 Å². The monoisotopic (exact) mass is 586 g/mol. The van der Waals surface area contributed by atoms with Crippen LogP contribution in [0.4, 0.5) is 9.52 Å². The third-order valence-electron chi connectivity index (χ3n) is 5.93. The fraction of sp³-hybridized carbons (Fsp3) is 0.115. The quantitative estimate of drug-likeness (QED) is 0.264. The van der Waals surface area contributed by atoms with E-state index >= 15 is 0 Å². The summed E-state index contributed by atoms with van der Waals surface area (Å²) in [6, 6.07) is 15.9. The molecule has 3 aromatic carbocycles. The smallest absolute Gasteiger partial charge is 0.272 e. The van der Waals surface area contributed by atoms with E-state index in [2.05, 4.69) is 15.2 Å². The lowest BCUT2D eigenvalue weighted by Gasteiger charge is -2.22. The normalized spacial score (nSPS) is 11.5. The van der Waals surface area contributed by atoms with E-state index in [1.54, 1.807) is 42.5 Å². The number of thiazole rings is 1. The molecule has 0 fully saturated rings. The van der Waals surface area contributed by atoms with Crippen LogP contribution in [0.2, 0.25) is 5.02 Å². The third-order valence-corrected chi connectivity index (χ3v) is 8.82. The van der Waals surface area contributed by atoms with Crippen LogP contribution in [0.25, 0.3) is 22.0 Å². The highest BCUT2D eigenvalue weighted by Gasteiger charge is 2.29. The number of H-pyrrole nitrogens is 1.